The van der Waals surface area contributed by atoms with Crippen molar-refractivity contribution >= 4 is 28.0 Å². The quantitative estimate of drug-likeness (QED) is 0.518. The van der Waals surface area contributed by atoms with Gasteiger partial charge in [0, 0.05) is 55.1 Å². The van der Waals surface area contributed by atoms with Gasteiger partial charge in [-0.15, -0.1) is 11.3 Å². The molecule has 5 fully saturated rings. The highest BCUT2D eigenvalue weighted by Crippen LogP contribution is 2.53. The molecule has 5 aliphatic heterocycles. The molecule has 41 heavy (non-hydrogen) atoms. The van der Waals surface area contributed by atoms with Gasteiger partial charge in [-0.1, -0.05) is 12.2 Å². The molecule has 3 N–H and O–H groups in total. The number of nitrogens with zero attached hydrogens (tertiary/aromatic N) is 7. The van der Waals surface area contributed by atoms with Gasteiger partial charge in [0.05, 0.1) is 11.1 Å². The van der Waals surface area contributed by atoms with Crippen LogP contribution in [0, 0.1) is 22.7 Å². The van der Waals surface area contributed by atoms with Crippen molar-refractivity contribution in [1.29, 1.82) is 10.5 Å². The van der Waals surface area contributed by atoms with Crippen LogP contribution in [-0.2, 0) is 11.8 Å². The molecule has 1 unspecified atom stereocenters. The average molecular weight is 570 g/mol. The summed E-state index contributed by atoms with van der Waals surface area (Å²) in [5, 5.41) is 24.6. The maximum absolute atomic E-state index is 10.5. The average Bonchev–Trinajstić information content (AvgIpc) is 3.72. The summed E-state index contributed by atoms with van der Waals surface area (Å²) in [6.07, 6.45) is 7.44. The molecule has 3 atom stereocenters. The monoisotopic (exact) mass is 569 g/mol. The zero-order chi connectivity index (χ0) is 27.9. The van der Waals surface area contributed by atoms with Gasteiger partial charge < -0.3 is 25.6 Å². The second-order valence-electron chi connectivity index (χ2n) is 13.0. The number of fused-ring (bicyclic) bond motifs is 5. The maximum Gasteiger partial charge on any atom is 0.320 e. The lowest BCUT2D eigenvalue weighted by Crippen LogP contribution is -2.59. The van der Waals surface area contributed by atoms with Gasteiger partial charge in [0.25, 0.3) is 0 Å². The van der Waals surface area contributed by atoms with Crippen molar-refractivity contribution in [2.75, 3.05) is 61.4 Å². The first-order chi connectivity index (χ1) is 19.9. The van der Waals surface area contributed by atoms with Crippen LogP contribution in [0.25, 0.3) is 0 Å². The van der Waals surface area contributed by atoms with Crippen molar-refractivity contribution in [1.82, 2.24) is 20.2 Å². The number of piperazine rings is 1. The zero-order valence-corrected chi connectivity index (χ0v) is 24.1. The molecule has 5 saturated heterocycles. The Morgan fingerprint density at radius 1 is 1.07 bits per heavy atom. The molecule has 0 aromatic carbocycles. The van der Waals surface area contributed by atoms with Crippen LogP contribution in [0.1, 0.15) is 60.1 Å². The van der Waals surface area contributed by atoms with Gasteiger partial charge in [-0.3, -0.25) is 4.90 Å². The highest BCUT2D eigenvalue weighted by Gasteiger charge is 2.52. The number of thiophene rings is 1. The van der Waals surface area contributed by atoms with E-state index in [1.54, 1.807) is 11.3 Å². The van der Waals surface area contributed by atoms with Crippen LogP contribution in [0.4, 0.5) is 16.6 Å². The van der Waals surface area contributed by atoms with E-state index in [0.717, 1.165) is 70.3 Å². The smallest absolute Gasteiger partial charge is 0.320 e. The van der Waals surface area contributed by atoms with Gasteiger partial charge in [-0.05, 0) is 57.1 Å². The number of nitrogen functional groups attached to an aromatic ring is 1. The molecule has 0 amide bonds. The molecular weight excluding hydrogens is 534 g/mol. The van der Waals surface area contributed by atoms with Crippen molar-refractivity contribution in [2.24, 2.45) is 0 Å². The molecule has 11 heteroatoms. The SMILES string of the molecule is C=C1CN2CCCC2(COc2nc(N3C[C@H]4CC[C@@H](C3)N4)c(C#N)c(N3CC4(CCc5sc(N)c(C#N)c54)C3)n2)C1. The van der Waals surface area contributed by atoms with Crippen LogP contribution < -0.4 is 25.6 Å². The van der Waals surface area contributed by atoms with Crippen molar-refractivity contribution in [3.8, 4) is 18.1 Å². The van der Waals surface area contributed by atoms with Crippen LogP contribution in [0.2, 0.25) is 0 Å². The first-order valence-electron chi connectivity index (χ1n) is 14.8. The predicted molar refractivity (Wildman–Crippen MR) is 157 cm³/mol. The summed E-state index contributed by atoms with van der Waals surface area (Å²) in [6.45, 7) is 9.87. The van der Waals surface area contributed by atoms with Gasteiger partial charge in [0.1, 0.15) is 29.3 Å². The molecule has 1 aliphatic carbocycles. The van der Waals surface area contributed by atoms with Crippen molar-refractivity contribution in [3.05, 3.63) is 33.7 Å². The molecule has 212 valence electrons. The van der Waals surface area contributed by atoms with Crippen LogP contribution >= 0.6 is 11.3 Å². The highest BCUT2D eigenvalue weighted by molar-refractivity contribution is 7.16. The van der Waals surface area contributed by atoms with E-state index in [9.17, 15) is 10.5 Å². The van der Waals surface area contributed by atoms with Crippen LogP contribution in [0.15, 0.2) is 12.2 Å². The molecule has 2 aromatic rings. The zero-order valence-electron chi connectivity index (χ0n) is 23.3. The molecule has 8 rings (SSSR count). The molecule has 2 bridgehead atoms. The van der Waals surface area contributed by atoms with Gasteiger partial charge >= 0.3 is 6.01 Å². The normalized spacial score (nSPS) is 29.4. The minimum Gasteiger partial charge on any atom is -0.461 e. The minimum atomic E-state index is -0.116. The topological polar surface area (TPSA) is 130 Å². The van der Waals surface area contributed by atoms with Gasteiger partial charge in [0.15, 0.2) is 11.6 Å². The summed E-state index contributed by atoms with van der Waals surface area (Å²) in [5.41, 5.74) is 9.62. The van der Waals surface area contributed by atoms with Gasteiger partial charge in [0.2, 0.25) is 0 Å². The van der Waals surface area contributed by atoms with E-state index in [4.69, 9.17) is 20.4 Å². The Hall–Kier alpha value is -3.38. The Kier molecular flexibility index (Phi) is 5.60. The molecule has 6 aliphatic rings. The Morgan fingerprint density at radius 2 is 1.80 bits per heavy atom. The number of nitrogens with one attached hydrogen (secondary N) is 1. The van der Waals surface area contributed by atoms with E-state index in [0.29, 0.717) is 65.6 Å². The Balaban J connectivity index is 1.13. The van der Waals surface area contributed by atoms with E-state index in [1.807, 2.05) is 0 Å². The van der Waals surface area contributed by atoms with E-state index in [2.05, 4.69) is 38.7 Å². The van der Waals surface area contributed by atoms with Crippen molar-refractivity contribution in [2.45, 2.75) is 68.0 Å². The van der Waals surface area contributed by atoms with E-state index < -0.39 is 0 Å². The fourth-order valence-electron chi connectivity index (χ4n) is 8.63. The number of hydrogen-bond donors (Lipinski definition) is 2. The number of rotatable bonds is 5. The molecule has 2 aromatic heterocycles. The number of anilines is 3. The fraction of sp³-hybridized carbons (Fsp3) is 0.600. The summed E-state index contributed by atoms with van der Waals surface area (Å²) in [7, 11) is 0. The van der Waals surface area contributed by atoms with Crippen LogP contribution in [0.3, 0.4) is 0 Å². The molecule has 1 spiro atoms. The lowest BCUT2D eigenvalue weighted by Gasteiger charge is -2.49. The van der Waals surface area contributed by atoms with E-state index in [1.165, 1.54) is 16.9 Å². The predicted octanol–water partition coefficient (Wildman–Crippen LogP) is 2.68. The molecular formula is C30H35N9OS. The summed E-state index contributed by atoms with van der Waals surface area (Å²) in [5.74, 6) is 1.34. The van der Waals surface area contributed by atoms with Crippen molar-refractivity contribution in [3.63, 3.8) is 0 Å². The summed E-state index contributed by atoms with van der Waals surface area (Å²) in [4.78, 5) is 18.1. The summed E-state index contributed by atoms with van der Waals surface area (Å²) in [6, 6.07) is 6.02. The first-order valence-corrected chi connectivity index (χ1v) is 15.7. The Morgan fingerprint density at radius 3 is 2.54 bits per heavy atom. The van der Waals surface area contributed by atoms with E-state index >= 15 is 0 Å². The molecule has 10 nitrogen and oxygen atoms in total. The second kappa shape index (κ2) is 9.06. The van der Waals surface area contributed by atoms with Gasteiger partial charge in [-0.25, -0.2) is 0 Å². The third-order valence-corrected chi connectivity index (χ3v) is 11.5. The third-order valence-electron chi connectivity index (χ3n) is 10.5. The standard InChI is InChI=1S/C30H35N9OS/c1-18-9-30(6-2-8-39(30)12-18)17-40-28-35-26(37-13-19-3-4-20(14-37)34-19)22(11-32)27(36-28)38-15-29(16-38)7-5-23-24(29)21(10-31)25(33)41-23/h19-20,34H,1-9,12-17,33H2/t19-,20+,30?. The number of hydrogen-bond acceptors (Lipinski definition) is 11. The highest BCUT2D eigenvalue weighted by atomic mass is 32.1. The fourth-order valence-corrected chi connectivity index (χ4v) is 9.77. The van der Waals surface area contributed by atoms with E-state index in [-0.39, 0.29) is 11.0 Å². The Labute approximate surface area is 244 Å². The number of aryl methyl sites for hydroxylation is 1. The first kappa shape index (κ1) is 25.3. The number of nitriles is 2. The molecule has 0 saturated carbocycles. The van der Waals surface area contributed by atoms with Crippen LogP contribution in [-0.4, -0.2) is 78.4 Å². The third kappa shape index (κ3) is 3.79. The lowest BCUT2D eigenvalue weighted by molar-refractivity contribution is 0.107. The number of ether oxygens (including phenoxy) is 1. The number of aromatic nitrogens is 2. The summed E-state index contributed by atoms with van der Waals surface area (Å²) < 4.78 is 6.47. The second-order valence-corrected chi connectivity index (χ2v) is 14.2. The Bertz CT molecular complexity index is 1520. The minimum absolute atomic E-state index is 0.0313. The summed E-state index contributed by atoms with van der Waals surface area (Å²) >= 11 is 1.56. The number of nitrogens with two attached hydrogens (primary N) is 1. The molecule has 7 heterocycles. The van der Waals surface area contributed by atoms with Gasteiger partial charge in [-0.2, -0.15) is 20.5 Å². The molecule has 0 radical (unpaired) electrons. The lowest BCUT2D eigenvalue weighted by atomic mass is 9.74. The van der Waals surface area contributed by atoms with Crippen molar-refractivity contribution < 1.29 is 4.74 Å². The van der Waals surface area contributed by atoms with Crippen LogP contribution in [0.5, 0.6) is 6.01 Å². The largest absolute Gasteiger partial charge is 0.461 e. The maximum atomic E-state index is 10.5.